The van der Waals surface area contributed by atoms with Gasteiger partial charge in [0.15, 0.2) is 5.60 Å². The zero-order valence-electron chi connectivity index (χ0n) is 14.8. The molecular weight excluding hydrogens is 302 g/mol. The molecule has 4 atom stereocenters. The number of likely N-dealkylation sites (N-methyl/N-ethyl adjacent to an activating group) is 1. The van der Waals surface area contributed by atoms with Crippen molar-refractivity contribution in [1.82, 2.24) is 0 Å². The molecule has 0 saturated heterocycles. The SMILES string of the molecule is C[N+](C)(C)CCOC(=O)C(O)(c1ccccc1)C1CC2C=CC1C2. The summed E-state index contributed by atoms with van der Waals surface area (Å²) in [4.78, 5) is 12.9. The van der Waals surface area contributed by atoms with Crippen LogP contribution in [0.5, 0.6) is 0 Å². The fourth-order valence-corrected chi connectivity index (χ4v) is 3.96. The molecule has 2 aliphatic carbocycles. The summed E-state index contributed by atoms with van der Waals surface area (Å²) in [6, 6.07) is 9.28. The summed E-state index contributed by atoms with van der Waals surface area (Å²) in [6.45, 7) is 1.03. The van der Waals surface area contributed by atoms with Crippen molar-refractivity contribution in [1.29, 1.82) is 0 Å². The minimum atomic E-state index is -1.56. The van der Waals surface area contributed by atoms with Crippen LogP contribution in [0.1, 0.15) is 18.4 Å². The van der Waals surface area contributed by atoms with E-state index >= 15 is 0 Å². The number of allylic oxidation sites excluding steroid dienone is 2. The summed E-state index contributed by atoms with van der Waals surface area (Å²) in [7, 11) is 6.16. The minimum Gasteiger partial charge on any atom is -0.457 e. The van der Waals surface area contributed by atoms with Gasteiger partial charge in [-0.3, -0.25) is 0 Å². The number of quaternary nitrogens is 1. The topological polar surface area (TPSA) is 46.5 Å². The van der Waals surface area contributed by atoms with Gasteiger partial charge in [-0.2, -0.15) is 0 Å². The van der Waals surface area contributed by atoms with Gasteiger partial charge < -0.3 is 14.3 Å². The van der Waals surface area contributed by atoms with Gasteiger partial charge >= 0.3 is 5.97 Å². The van der Waals surface area contributed by atoms with E-state index in [1.54, 1.807) is 0 Å². The van der Waals surface area contributed by atoms with Gasteiger partial charge in [0, 0.05) is 5.92 Å². The normalized spacial score (nSPS) is 27.9. The van der Waals surface area contributed by atoms with Crippen molar-refractivity contribution < 1.29 is 19.1 Å². The Hall–Kier alpha value is -1.65. The highest BCUT2D eigenvalue weighted by atomic mass is 16.5. The third kappa shape index (κ3) is 3.26. The number of esters is 1. The molecule has 0 radical (unpaired) electrons. The van der Waals surface area contributed by atoms with E-state index < -0.39 is 11.6 Å². The Balaban J connectivity index is 1.83. The number of nitrogens with zero attached hydrogens (tertiary/aromatic N) is 1. The maximum atomic E-state index is 12.9. The molecule has 4 nitrogen and oxygen atoms in total. The first kappa shape index (κ1) is 17.2. The fourth-order valence-electron chi connectivity index (χ4n) is 3.96. The lowest BCUT2D eigenvalue weighted by atomic mass is 9.74. The summed E-state index contributed by atoms with van der Waals surface area (Å²) in [5.74, 6) is 0.125. The quantitative estimate of drug-likeness (QED) is 0.495. The molecule has 0 amide bonds. The molecule has 2 bridgehead atoms. The van der Waals surface area contributed by atoms with Crippen LogP contribution < -0.4 is 0 Å². The van der Waals surface area contributed by atoms with Gasteiger partial charge in [-0.15, -0.1) is 0 Å². The molecule has 0 aliphatic heterocycles. The molecule has 4 heteroatoms. The molecule has 1 aromatic carbocycles. The van der Waals surface area contributed by atoms with Gasteiger partial charge in [-0.05, 0) is 30.2 Å². The molecular formula is C20H28NO3+. The zero-order chi connectivity index (χ0) is 17.4. The number of hydrogen-bond donors (Lipinski definition) is 1. The van der Waals surface area contributed by atoms with E-state index in [2.05, 4.69) is 33.3 Å². The van der Waals surface area contributed by atoms with Crippen molar-refractivity contribution in [2.45, 2.75) is 18.4 Å². The summed E-state index contributed by atoms with van der Waals surface area (Å²) in [5, 5.41) is 11.5. The lowest BCUT2D eigenvalue weighted by Crippen LogP contribution is -2.47. The molecule has 3 rings (SSSR count). The standard InChI is InChI=1S/C20H28NO3/c1-21(2,3)11-12-24-19(22)20(23,17-7-5-4-6-8-17)18-14-15-9-10-16(18)13-15/h4-10,15-16,18,23H,11-14H2,1-3H3/q+1. The highest BCUT2D eigenvalue weighted by Gasteiger charge is 2.54. The molecule has 24 heavy (non-hydrogen) atoms. The van der Waals surface area contributed by atoms with Crippen LogP contribution in [-0.2, 0) is 15.1 Å². The van der Waals surface area contributed by atoms with Gasteiger partial charge in [0.25, 0.3) is 0 Å². The predicted molar refractivity (Wildman–Crippen MR) is 93.0 cm³/mol. The van der Waals surface area contributed by atoms with E-state index in [0.717, 1.165) is 12.8 Å². The van der Waals surface area contributed by atoms with E-state index in [1.807, 2.05) is 30.3 Å². The second-order valence-electron chi connectivity index (χ2n) is 8.17. The van der Waals surface area contributed by atoms with Crippen molar-refractivity contribution in [3.8, 4) is 0 Å². The van der Waals surface area contributed by atoms with E-state index in [4.69, 9.17) is 4.74 Å². The van der Waals surface area contributed by atoms with Crippen molar-refractivity contribution in [3.05, 3.63) is 48.0 Å². The molecule has 0 aromatic heterocycles. The Morgan fingerprint density at radius 1 is 1.21 bits per heavy atom. The lowest BCUT2D eigenvalue weighted by molar-refractivity contribution is -0.870. The number of aliphatic hydroxyl groups is 1. The third-order valence-corrected chi connectivity index (χ3v) is 5.34. The molecule has 1 saturated carbocycles. The Morgan fingerprint density at radius 2 is 1.92 bits per heavy atom. The zero-order valence-corrected chi connectivity index (χ0v) is 14.8. The molecule has 0 spiro atoms. The van der Waals surface area contributed by atoms with Crippen molar-refractivity contribution in [2.75, 3.05) is 34.3 Å². The Bertz CT molecular complexity index is 620. The van der Waals surface area contributed by atoms with Crippen LogP contribution in [0, 0.1) is 17.8 Å². The Morgan fingerprint density at radius 3 is 2.46 bits per heavy atom. The number of rotatable bonds is 6. The monoisotopic (exact) mass is 330 g/mol. The van der Waals surface area contributed by atoms with E-state index in [1.165, 1.54) is 0 Å². The average Bonchev–Trinajstić information content (AvgIpc) is 3.17. The summed E-state index contributed by atoms with van der Waals surface area (Å²) in [5.41, 5.74) is -0.915. The van der Waals surface area contributed by atoms with E-state index in [-0.39, 0.29) is 11.8 Å². The van der Waals surface area contributed by atoms with Gasteiger partial charge in [-0.25, -0.2) is 4.79 Å². The average molecular weight is 330 g/mol. The number of carbonyl (C=O) groups excluding carboxylic acids is 1. The Kier molecular flexibility index (Phi) is 4.54. The second-order valence-corrected chi connectivity index (χ2v) is 8.17. The van der Waals surface area contributed by atoms with Crippen molar-refractivity contribution in [3.63, 3.8) is 0 Å². The van der Waals surface area contributed by atoms with Gasteiger partial charge in [0.05, 0.1) is 21.1 Å². The lowest BCUT2D eigenvalue weighted by Gasteiger charge is -2.36. The predicted octanol–water partition coefficient (Wildman–Crippen LogP) is 2.34. The van der Waals surface area contributed by atoms with Gasteiger partial charge in [0.2, 0.25) is 0 Å². The number of hydrogen-bond acceptors (Lipinski definition) is 3. The van der Waals surface area contributed by atoms with Crippen molar-refractivity contribution in [2.24, 2.45) is 17.8 Å². The number of carbonyl (C=O) groups is 1. The molecule has 4 unspecified atom stereocenters. The van der Waals surface area contributed by atoms with Crippen LogP contribution in [0.25, 0.3) is 0 Å². The van der Waals surface area contributed by atoms with Crippen LogP contribution in [-0.4, -0.2) is 49.9 Å². The molecule has 1 fully saturated rings. The molecule has 1 N–H and O–H groups in total. The maximum absolute atomic E-state index is 12.9. The Labute approximate surface area is 144 Å². The molecule has 0 heterocycles. The van der Waals surface area contributed by atoms with E-state index in [0.29, 0.717) is 29.1 Å². The maximum Gasteiger partial charge on any atom is 0.343 e. The smallest absolute Gasteiger partial charge is 0.343 e. The number of ether oxygens (including phenoxy) is 1. The highest BCUT2D eigenvalue weighted by Crippen LogP contribution is 2.51. The number of fused-ring (bicyclic) bond motifs is 2. The van der Waals surface area contributed by atoms with Crippen LogP contribution in [0.15, 0.2) is 42.5 Å². The van der Waals surface area contributed by atoms with Crippen LogP contribution >= 0.6 is 0 Å². The van der Waals surface area contributed by atoms with Crippen LogP contribution in [0.4, 0.5) is 0 Å². The molecule has 1 aromatic rings. The highest BCUT2D eigenvalue weighted by molar-refractivity contribution is 5.81. The third-order valence-electron chi connectivity index (χ3n) is 5.34. The largest absolute Gasteiger partial charge is 0.457 e. The second kappa shape index (κ2) is 6.34. The first-order valence-electron chi connectivity index (χ1n) is 8.74. The van der Waals surface area contributed by atoms with Crippen molar-refractivity contribution >= 4 is 5.97 Å². The van der Waals surface area contributed by atoms with Crippen LogP contribution in [0.3, 0.4) is 0 Å². The van der Waals surface area contributed by atoms with Gasteiger partial charge in [-0.1, -0.05) is 42.5 Å². The molecule has 2 aliphatic rings. The molecule has 130 valence electrons. The summed E-state index contributed by atoms with van der Waals surface area (Å²) >= 11 is 0. The first-order chi connectivity index (χ1) is 11.3. The van der Waals surface area contributed by atoms with E-state index in [9.17, 15) is 9.90 Å². The van der Waals surface area contributed by atoms with Gasteiger partial charge in [0.1, 0.15) is 13.2 Å². The minimum absolute atomic E-state index is 0.105. The fraction of sp³-hybridized carbons (Fsp3) is 0.550. The first-order valence-corrected chi connectivity index (χ1v) is 8.74. The summed E-state index contributed by atoms with van der Waals surface area (Å²) < 4.78 is 6.25. The number of benzene rings is 1. The van der Waals surface area contributed by atoms with Crippen LogP contribution in [0.2, 0.25) is 0 Å². The summed E-state index contributed by atoms with van der Waals surface area (Å²) in [6.07, 6.45) is 6.25.